The number of hydrogen-bond donors (Lipinski definition) is 1. The molecule has 1 N–H and O–H groups in total. The second-order valence-corrected chi connectivity index (χ2v) is 7.76. The van der Waals surface area contributed by atoms with Gasteiger partial charge in [0.05, 0.1) is 6.26 Å². The lowest BCUT2D eigenvalue weighted by atomic mass is 9.91. The highest BCUT2D eigenvalue weighted by Crippen LogP contribution is 2.25. The van der Waals surface area contributed by atoms with E-state index in [4.69, 9.17) is 0 Å². The molecule has 0 radical (unpaired) electrons. The van der Waals surface area contributed by atoms with Crippen molar-refractivity contribution in [3.05, 3.63) is 0 Å². The van der Waals surface area contributed by atoms with Crippen molar-refractivity contribution in [2.24, 2.45) is 0 Å². The molecule has 19 heavy (non-hydrogen) atoms. The minimum atomic E-state index is -3.06. The zero-order valence-corrected chi connectivity index (χ0v) is 13.0. The summed E-state index contributed by atoms with van der Waals surface area (Å²) in [5, 5.41) is 4.88. The predicted molar refractivity (Wildman–Crippen MR) is 77.2 cm³/mol. The molecule has 0 amide bonds. The van der Waals surface area contributed by atoms with Crippen LogP contribution in [0.1, 0.15) is 44.9 Å². The average Bonchev–Trinajstić information content (AvgIpc) is 2.38. The van der Waals surface area contributed by atoms with Crippen LogP contribution < -0.4 is 4.72 Å². The molecular weight excluding hydrogens is 262 g/mol. The van der Waals surface area contributed by atoms with E-state index in [1.54, 1.807) is 0 Å². The Morgan fingerprint density at radius 3 is 2.16 bits per heavy atom. The van der Waals surface area contributed by atoms with Crippen LogP contribution in [0, 0.1) is 0 Å². The van der Waals surface area contributed by atoms with Crippen LogP contribution in [0.15, 0.2) is 0 Å². The molecule has 1 saturated carbocycles. The Hall–Kier alpha value is -0.170. The minimum Gasteiger partial charge on any atom is -0.242 e. The molecule has 1 aliphatic carbocycles. The Morgan fingerprint density at radius 2 is 1.63 bits per heavy atom. The number of hydrogen-bond acceptors (Lipinski definition) is 4. The molecule has 0 aromatic rings. The van der Waals surface area contributed by atoms with Crippen LogP contribution in [0.3, 0.4) is 0 Å². The fourth-order valence-corrected chi connectivity index (χ4v) is 4.13. The van der Waals surface area contributed by atoms with Gasteiger partial charge in [-0.2, -0.15) is 0 Å². The van der Waals surface area contributed by atoms with E-state index in [0.29, 0.717) is 6.04 Å². The monoisotopic (exact) mass is 289 g/mol. The van der Waals surface area contributed by atoms with E-state index in [9.17, 15) is 8.42 Å². The Bertz CT molecular complexity index is 371. The highest BCUT2D eigenvalue weighted by molar-refractivity contribution is 7.88. The van der Waals surface area contributed by atoms with Crippen molar-refractivity contribution in [1.82, 2.24) is 14.7 Å². The maximum absolute atomic E-state index is 11.2. The van der Waals surface area contributed by atoms with Gasteiger partial charge in [0.1, 0.15) is 0 Å². The molecule has 5 nitrogen and oxygen atoms in total. The molecule has 1 saturated heterocycles. The van der Waals surface area contributed by atoms with E-state index in [2.05, 4.69) is 21.8 Å². The van der Waals surface area contributed by atoms with Crippen molar-refractivity contribution in [1.29, 1.82) is 0 Å². The highest BCUT2D eigenvalue weighted by Gasteiger charge is 2.28. The van der Waals surface area contributed by atoms with Crippen LogP contribution in [0.25, 0.3) is 0 Å². The normalized spacial score (nSPS) is 30.7. The Morgan fingerprint density at radius 1 is 1.05 bits per heavy atom. The zero-order valence-electron chi connectivity index (χ0n) is 12.1. The van der Waals surface area contributed by atoms with Gasteiger partial charge < -0.3 is 0 Å². The molecule has 0 unspecified atom stereocenters. The summed E-state index contributed by atoms with van der Waals surface area (Å²) in [4.78, 5) is 0. The van der Waals surface area contributed by atoms with Gasteiger partial charge in [-0.05, 0) is 38.5 Å². The molecule has 2 fully saturated rings. The second kappa shape index (κ2) is 6.52. The molecule has 0 atom stereocenters. The third-order valence-electron chi connectivity index (χ3n) is 4.38. The van der Waals surface area contributed by atoms with E-state index in [1.807, 2.05) is 0 Å². The maximum atomic E-state index is 11.2. The molecular formula is C13H27N3O2S. The first-order chi connectivity index (χ1) is 8.96. The van der Waals surface area contributed by atoms with Gasteiger partial charge in [-0.15, -0.1) is 0 Å². The first kappa shape index (κ1) is 15.2. The molecule has 1 heterocycles. The standard InChI is InChI=1S/C13H27N3O2S/c1-15(16-10-4-3-5-11-16)13-8-6-12(7-9-13)14-19(2,17)18/h12-14H,3-11H2,1-2H3. The second-order valence-electron chi connectivity index (χ2n) is 5.98. The first-order valence-electron chi connectivity index (χ1n) is 7.41. The van der Waals surface area contributed by atoms with Gasteiger partial charge in [0.15, 0.2) is 0 Å². The topological polar surface area (TPSA) is 52.7 Å². The van der Waals surface area contributed by atoms with Crippen molar-refractivity contribution in [3.63, 3.8) is 0 Å². The summed E-state index contributed by atoms with van der Waals surface area (Å²) < 4.78 is 25.2. The largest absolute Gasteiger partial charge is 0.242 e. The van der Waals surface area contributed by atoms with Crippen molar-refractivity contribution in [2.45, 2.75) is 57.0 Å². The summed E-state index contributed by atoms with van der Waals surface area (Å²) in [6.07, 6.45) is 9.28. The molecule has 0 spiro atoms. The van der Waals surface area contributed by atoms with Crippen LogP contribution in [-0.4, -0.2) is 56.9 Å². The number of nitrogens with one attached hydrogen (secondary N) is 1. The third kappa shape index (κ3) is 4.70. The highest BCUT2D eigenvalue weighted by atomic mass is 32.2. The SMILES string of the molecule is CN(C1CCC(NS(C)(=O)=O)CC1)N1CCCCC1. The summed E-state index contributed by atoms with van der Waals surface area (Å²) in [7, 11) is -0.861. The number of piperidine rings is 1. The molecule has 0 bridgehead atoms. The smallest absolute Gasteiger partial charge is 0.208 e. The van der Waals surface area contributed by atoms with Crippen molar-refractivity contribution < 1.29 is 8.42 Å². The van der Waals surface area contributed by atoms with Crippen molar-refractivity contribution >= 4 is 10.0 Å². The first-order valence-corrected chi connectivity index (χ1v) is 9.30. The number of sulfonamides is 1. The van der Waals surface area contributed by atoms with Gasteiger partial charge in [0, 0.05) is 32.2 Å². The van der Waals surface area contributed by atoms with Crippen LogP contribution in [-0.2, 0) is 10.0 Å². The van der Waals surface area contributed by atoms with Crippen molar-refractivity contribution in [2.75, 3.05) is 26.4 Å². The van der Waals surface area contributed by atoms with E-state index in [0.717, 1.165) is 25.7 Å². The minimum absolute atomic E-state index is 0.140. The van der Waals surface area contributed by atoms with Crippen LogP contribution in [0.5, 0.6) is 0 Å². The van der Waals surface area contributed by atoms with Crippen LogP contribution in [0.2, 0.25) is 0 Å². The fraction of sp³-hybridized carbons (Fsp3) is 1.00. The summed E-state index contributed by atoms with van der Waals surface area (Å²) >= 11 is 0. The van der Waals surface area contributed by atoms with Gasteiger partial charge in [0.25, 0.3) is 0 Å². The maximum Gasteiger partial charge on any atom is 0.208 e. The zero-order chi connectivity index (χ0) is 13.9. The third-order valence-corrected chi connectivity index (χ3v) is 5.15. The lowest BCUT2D eigenvalue weighted by Crippen LogP contribution is -2.51. The Balaban J connectivity index is 1.79. The van der Waals surface area contributed by atoms with Gasteiger partial charge in [-0.25, -0.2) is 23.2 Å². The van der Waals surface area contributed by atoms with Gasteiger partial charge >= 0.3 is 0 Å². The lowest BCUT2D eigenvalue weighted by Gasteiger charge is -2.42. The van der Waals surface area contributed by atoms with E-state index < -0.39 is 10.0 Å². The summed E-state index contributed by atoms with van der Waals surface area (Å²) in [5.41, 5.74) is 0. The van der Waals surface area contributed by atoms with Gasteiger partial charge in [-0.1, -0.05) is 6.42 Å². The summed E-state index contributed by atoms with van der Waals surface area (Å²) in [6.45, 7) is 2.36. The molecule has 1 aliphatic heterocycles. The fourth-order valence-electron chi connectivity index (χ4n) is 3.29. The Kier molecular flexibility index (Phi) is 5.22. The molecule has 0 aromatic heterocycles. The number of rotatable bonds is 4. The predicted octanol–water partition coefficient (Wildman–Crippen LogP) is 1.18. The van der Waals surface area contributed by atoms with Gasteiger partial charge in [-0.3, -0.25) is 0 Å². The molecule has 6 heteroatoms. The average molecular weight is 289 g/mol. The summed E-state index contributed by atoms with van der Waals surface area (Å²) in [6, 6.07) is 0.719. The van der Waals surface area contributed by atoms with Crippen molar-refractivity contribution in [3.8, 4) is 0 Å². The Labute approximate surface area is 117 Å². The molecule has 2 aliphatic rings. The van der Waals surface area contributed by atoms with Gasteiger partial charge in [0.2, 0.25) is 10.0 Å². The molecule has 0 aromatic carbocycles. The van der Waals surface area contributed by atoms with E-state index in [-0.39, 0.29) is 6.04 Å². The molecule has 112 valence electrons. The number of nitrogens with zero attached hydrogens (tertiary/aromatic N) is 2. The van der Waals surface area contributed by atoms with Crippen LogP contribution >= 0.6 is 0 Å². The van der Waals surface area contributed by atoms with E-state index in [1.165, 1.54) is 38.6 Å². The number of hydrazine groups is 1. The molecule has 2 rings (SSSR count). The quantitative estimate of drug-likeness (QED) is 0.844. The van der Waals surface area contributed by atoms with E-state index >= 15 is 0 Å². The summed E-state index contributed by atoms with van der Waals surface area (Å²) in [5.74, 6) is 0. The van der Waals surface area contributed by atoms with Crippen LogP contribution in [0.4, 0.5) is 0 Å². The lowest BCUT2D eigenvalue weighted by molar-refractivity contribution is -0.0614.